The average molecular weight is 330 g/mol. The zero-order valence-electron chi connectivity index (χ0n) is 13.2. The number of aryl methyl sites for hydroxylation is 1. The van der Waals surface area contributed by atoms with E-state index in [4.69, 9.17) is 0 Å². The number of rotatable bonds is 4. The van der Waals surface area contributed by atoms with Gasteiger partial charge in [-0.2, -0.15) is 0 Å². The van der Waals surface area contributed by atoms with Gasteiger partial charge in [0.2, 0.25) is 9.84 Å². The number of aromatic amines is 1. The summed E-state index contributed by atoms with van der Waals surface area (Å²) in [4.78, 5) is 6.08. The first kappa shape index (κ1) is 15.0. The van der Waals surface area contributed by atoms with Crippen molar-refractivity contribution < 1.29 is 8.42 Å². The number of hydrogen-bond donors (Lipinski definition) is 1. The lowest BCUT2D eigenvalue weighted by molar-refractivity contribution is 0.165. The topological polar surface area (TPSA) is 53.2 Å². The highest BCUT2D eigenvalue weighted by molar-refractivity contribution is 7.91. The molecule has 1 saturated heterocycles. The second kappa shape index (κ2) is 5.80. The average Bonchev–Trinajstić information content (AvgIpc) is 3.05. The largest absolute Gasteiger partial charge is 0.366 e. The molecule has 122 valence electrons. The molecular weight excluding hydrogens is 308 g/mol. The summed E-state index contributed by atoms with van der Waals surface area (Å²) >= 11 is 0. The Balaban J connectivity index is 1.65. The molecule has 1 atom stereocenters. The third-order valence-corrected chi connectivity index (χ3v) is 6.92. The first-order valence-electron chi connectivity index (χ1n) is 8.38. The van der Waals surface area contributed by atoms with Crippen LogP contribution in [0.1, 0.15) is 36.3 Å². The van der Waals surface area contributed by atoms with Gasteiger partial charge in [-0.3, -0.25) is 0 Å². The fraction of sp³-hybridized carbons (Fsp3) is 0.444. The fourth-order valence-corrected chi connectivity index (χ4v) is 5.02. The summed E-state index contributed by atoms with van der Waals surface area (Å²) in [6.45, 7) is 3.55. The van der Waals surface area contributed by atoms with Crippen molar-refractivity contribution in [1.82, 2.24) is 9.88 Å². The van der Waals surface area contributed by atoms with Crippen molar-refractivity contribution in [2.45, 2.75) is 41.4 Å². The summed E-state index contributed by atoms with van der Waals surface area (Å²) in [7, 11) is -3.40. The van der Waals surface area contributed by atoms with Crippen molar-refractivity contribution >= 4 is 9.84 Å². The molecule has 0 spiro atoms. The van der Waals surface area contributed by atoms with Crippen LogP contribution in [0.3, 0.4) is 0 Å². The van der Waals surface area contributed by atoms with Crippen LogP contribution in [0.2, 0.25) is 0 Å². The summed E-state index contributed by atoms with van der Waals surface area (Å²) < 4.78 is 25.3. The van der Waals surface area contributed by atoms with Crippen molar-refractivity contribution in [3.8, 4) is 0 Å². The van der Waals surface area contributed by atoms with Crippen molar-refractivity contribution in [3.05, 3.63) is 47.8 Å². The van der Waals surface area contributed by atoms with Crippen LogP contribution in [0.4, 0.5) is 0 Å². The maximum Gasteiger partial charge on any atom is 0.208 e. The minimum atomic E-state index is -3.40. The quantitative estimate of drug-likeness (QED) is 0.938. The monoisotopic (exact) mass is 330 g/mol. The lowest BCUT2D eigenvalue weighted by Crippen LogP contribution is -2.40. The Morgan fingerprint density at radius 2 is 2.00 bits per heavy atom. The van der Waals surface area contributed by atoms with Crippen LogP contribution >= 0.6 is 0 Å². The van der Waals surface area contributed by atoms with Crippen LogP contribution in [-0.4, -0.2) is 37.9 Å². The highest BCUT2D eigenvalue weighted by Crippen LogP contribution is 2.35. The van der Waals surface area contributed by atoms with Crippen LogP contribution < -0.4 is 0 Å². The molecule has 1 aliphatic carbocycles. The Morgan fingerprint density at radius 3 is 2.70 bits per heavy atom. The zero-order chi connectivity index (χ0) is 15.9. The third-order valence-electron chi connectivity index (χ3n) is 5.17. The maximum absolute atomic E-state index is 12.7. The summed E-state index contributed by atoms with van der Waals surface area (Å²) in [6.07, 6.45) is 7.86. The molecule has 1 fully saturated rings. The van der Waals surface area contributed by atoms with E-state index in [-0.39, 0.29) is 0 Å². The Bertz CT molecular complexity index is 792. The molecule has 0 bridgehead atoms. The summed E-state index contributed by atoms with van der Waals surface area (Å²) in [5.41, 5.74) is 2.58. The number of fused-ring (bicyclic) bond motifs is 1. The SMILES string of the molecule is O=S(=O)(c1cc[nH]c1)c1ccc2c(c1)CCCC2CN1CCC1. The van der Waals surface area contributed by atoms with Crippen LogP contribution in [0, 0.1) is 0 Å². The summed E-state index contributed by atoms with van der Waals surface area (Å²) in [5, 5.41) is 0. The summed E-state index contributed by atoms with van der Waals surface area (Å²) in [6, 6.07) is 7.36. The Morgan fingerprint density at radius 1 is 1.13 bits per heavy atom. The van der Waals surface area contributed by atoms with Crippen molar-refractivity contribution in [2.24, 2.45) is 0 Å². The number of likely N-dealkylation sites (tertiary alicyclic amines) is 1. The molecule has 1 aliphatic heterocycles. The van der Waals surface area contributed by atoms with Crippen LogP contribution in [0.5, 0.6) is 0 Å². The molecule has 23 heavy (non-hydrogen) atoms. The third kappa shape index (κ3) is 2.72. The molecule has 4 nitrogen and oxygen atoms in total. The molecule has 0 radical (unpaired) electrons. The standard InChI is InChI=1S/C18H22N2O2S/c21-23(22,17-7-8-19-12-17)16-5-6-18-14(11-16)3-1-4-15(18)13-20-9-2-10-20/h5-8,11-12,15,19H,1-4,9-10,13H2. The first-order valence-corrected chi connectivity index (χ1v) is 9.86. The summed E-state index contributed by atoms with van der Waals surface area (Å²) in [5.74, 6) is 0.558. The van der Waals surface area contributed by atoms with Crippen molar-refractivity contribution in [3.63, 3.8) is 0 Å². The van der Waals surface area contributed by atoms with Gasteiger partial charge in [0, 0.05) is 18.9 Å². The normalized spacial score (nSPS) is 21.7. The highest BCUT2D eigenvalue weighted by atomic mass is 32.2. The molecule has 2 aliphatic rings. The van der Waals surface area contributed by atoms with E-state index < -0.39 is 9.84 Å². The van der Waals surface area contributed by atoms with Gasteiger partial charge in [0.1, 0.15) is 0 Å². The highest BCUT2D eigenvalue weighted by Gasteiger charge is 2.27. The van der Waals surface area contributed by atoms with Crippen molar-refractivity contribution in [1.29, 1.82) is 0 Å². The predicted octanol–water partition coefficient (Wildman–Crippen LogP) is 2.97. The van der Waals surface area contributed by atoms with Gasteiger partial charge in [-0.25, -0.2) is 8.42 Å². The minimum Gasteiger partial charge on any atom is -0.366 e. The molecule has 1 unspecified atom stereocenters. The second-order valence-electron chi connectivity index (χ2n) is 6.65. The van der Waals surface area contributed by atoms with Gasteiger partial charge in [-0.05, 0) is 74.0 Å². The van der Waals surface area contributed by atoms with E-state index in [1.807, 2.05) is 6.07 Å². The minimum absolute atomic E-state index is 0.338. The molecule has 2 aromatic rings. The van der Waals surface area contributed by atoms with Gasteiger partial charge in [0.05, 0.1) is 9.79 Å². The number of nitrogens with zero attached hydrogens (tertiary/aromatic N) is 1. The number of aromatic nitrogens is 1. The van der Waals surface area contributed by atoms with Crippen LogP contribution in [0.15, 0.2) is 46.5 Å². The number of benzene rings is 1. The Kier molecular flexibility index (Phi) is 3.77. The first-order chi connectivity index (χ1) is 11.1. The van der Waals surface area contributed by atoms with Crippen LogP contribution in [0.25, 0.3) is 0 Å². The lowest BCUT2D eigenvalue weighted by atomic mass is 9.82. The number of nitrogens with one attached hydrogen (secondary N) is 1. The lowest BCUT2D eigenvalue weighted by Gasteiger charge is -2.36. The molecule has 2 heterocycles. The van der Waals surface area contributed by atoms with Crippen LogP contribution in [-0.2, 0) is 16.3 Å². The van der Waals surface area contributed by atoms with E-state index in [0.717, 1.165) is 19.4 Å². The van der Waals surface area contributed by atoms with Gasteiger partial charge >= 0.3 is 0 Å². The van der Waals surface area contributed by atoms with Gasteiger partial charge in [-0.1, -0.05) is 6.07 Å². The number of hydrogen-bond acceptors (Lipinski definition) is 3. The van der Waals surface area contributed by atoms with Gasteiger partial charge < -0.3 is 9.88 Å². The smallest absolute Gasteiger partial charge is 0.208 e. The van der Waals surface area contributed by atoms with E-state index in [0.29, 0.717) is 15.7 Å². The predicted molar refractivity (Wildman–Crippen MR) is 89.4 cm³/mol. The van der Waals surface area contributed by atoms with E-state index in [9.17, 15) is 8.42 Å². The maximum atomic E-state index is 12.7. The molecule has 1 aromatic carbocycles. The van der Waals surface area contributed by atoms with E-state index >= 15 is 0 Å². The Labute approximate surface area is 137 Å². The van der Waals surface area contributed by atoms with Gasteiger partial charge in [0.25, 0.3) is 0 Å². The molecule has 4 rings (SSSR count). The molecule has 0 saturated carbocycles. The molecular formula is C18H22N2O2S. The fourth-order valence-electron chi connectivity index (χ4n) is 3.74. The van der Waals surface area contributed by atoms with E-state index in [2.05, 4.69) is 16.0 Å². The number of H-pyrrole nitrogens is 1. The zero-order valence-corrected chi connectivity index (χ0v) is 14.0. The van der Waals surface area contributed by atoms with E-state index in [1.54, 1.807) is 24.5 Å². The molecule has 5 heteroatoms. The second-order valence-corrected chi connectivity index (χ2v) is 8.60. The van der Waals surface area contributed by atoms with Gasteiger partial charge in [-0.15, -0.1) is 0 Å². The molecule has 1 aromatic heterocycles. The number of sulfone groups is 1. The Hall–Kier alpha value is -1.59. The van der Waals surface area contributed by atoms with Gasteiger partial charge in [0.15, 0.2) is 0 Å². The van der Waals surface area contributed by atoms with Crippen molar-refractivity contribution in [2.75, 3.05) is 19.6 Å². The molecule has 1 N–H and O–H groups in total. The molecule has 0 amide bonds. The van der Waals surface area contributed by atoms with E-state index in [1.165, 1.54) is 37.1 Å².